The van der Waals surface area contributed by atoms with E-state index in [2.05, 4.69) is 29.7 Å². The molecule has 0 spiro atoms. The maximum Gasteiger partial charge on any atom is 0.225 e. The first kappa shape index (κ1) is 13.8. The van der Waals surface area contributed by atoms with Crippen LogP contribution in [0.5, 0.6) is 5.75 Å². The molecule has 1 aliphatic rings. The smallest absolute Gasteiger partial charge is 0.225 e. The Hall–Kier alpha value is -2.15. The number of ether oxygens (including phenoxy) is 1. The van der Waals surface area contributed by atoms with Crippen molar-refractivity contribution in [3.63, 3.8) is 0 Å². The van der Waals surface area contributed by atoms with Crippen molar-refractivity contribution >= 4 is 23.4 Å². The van der Waals surface area contributed by atoms with Crippen LogP contribution in [0.4, 0.5) is 11.8 Å². The molecule has 0 atom stereocenters. The van der Waals surface area contributed by atoms with E-state index in [0.29, 0.717) is 10.9 Å². The summed E-state index contributed by atoms with van der Waals surface area (Å²) in [4.78, 5) is 21.0. The minimum absolute atomic E-state index is 0.330. The number of anilines is 2. The van der Waals surface area contributed by atoms with E-state index < -0.39 is 0 Å². The van der Waals surface area contributed by atoms with Crippen LogP contribution in [0.2, 0.25) is 5.15 Å². The Morgan fingerprint density at radius 3 is 2.33 bits per heavy atom. The van der Waals surface area contributed by atoms with Crippen LogP contribution in [-0.4, -0.2) is 53.2 Å². The fraction of sp³-hybridized carbons (Fsp3) is 0.385. The second-order valence-electron chi connectivity index (χ2n) is 4.54. The summed E-state index contributed by atoms with van der Waals surface area (Å²) in [5.41, 5.74) is 0. The molecule has 1 fully saturated rings. The molecule has 0 radical (unpaired) electrons. The van der Waals surface area contributed by atoms with E-state index in [4.69, 9.17) is 16.3 Å². The summed E-state index contributed by atoms with van der Waals surface area (Å²) in [6.07, 6.45) is 4.96. The van der Waals surface area contributed by atoms with Crippen molar-refractivity contribution in [2.75, 3.05) is 43.1 Å². The van der Waals surface area contributed by atoms with E-state index in [0.717, 1.165) is 37.9 Å². The molecule has 21 heavy (non-hydrogen) atoms. The lowest BCUT2D eigenvalue weighted by atomic mass is 10.3. The summed E-state index contributed by atoms with van der Waals surface area (Å²) in [6, 6.07) is 1.81. The van der Waals surface area contributed by atoms with E-state index in [9.17, 15) is 0 Å². The molecule has 3 heterocycles. The number of piperazine rings is 1. The van der Waals surface area contributed by atoms with Gasteiger partial charge in [0.15, 0.2) is 16.7 Å². The van der Waals surface area contributed by atoms with Crippen LogP contribution in [0.15, 0.2) is 24.8 Å². The lowest BCUT2D eigenvalue weighted by Crippen LogP contribution is -2.47. The van der Waals surface area contributed by atoms with Gasteiger partial charge in [-0.15, -0.1) is 0 Å². The van der Waals surface area contributed by atoms with Crippen molar-refractivity contribution < 1.29 is 4.74 Å². The third-order valence-electron chi connectivity index (χ3n) is 3.36. The van der Waals surface area contributed by atoms with Crippen LogP contribution < -0.4 is 14.5 Å². The van der Waals surface area contributed by atoms with Gasteiger partial charge in [0, 0.05) is 38.6 Å². The maximum atomic E-state index is 6.04. The molecule has 0 unspecified atom stereocenters. The second-order valence-corrected chi connectivity index (χ2v) is 4.90. The van der Waals surface area contributed by atoms with Gasteiger partial charge in [0.1, 0.15) is 6.33 Å². The Bertz CT molecular complexity index is 603. The third kappa shape index (κ3) is 2.82. The summed E-state index contributed by atoms with van der Waals surface area (Å²) < 4.78 is 5.30. The van der Waals surface area contributed by atoms with Gasteiger partial charge in [0.05, 0.1) is 7.11 Å². The van der Waals surface area contributed by atoms with Gasteiger partial charge in [0.25, 0.3) is 0 Å². The molecule has 0 bridgehead atoms. The minimum atomic E-state index is 0.330. The van der Waals surface area contributed by atoms with E-state index in [1.807, 2.05) is 6.07 Å². The average Bonchev–Trinajstić information content (AvgIpc) is 2.55. The molecule has 0 N–H and O–H groups in total. The summed E-state index contributed by atoms with van der Waals surface area (Å²) in [7, 11) is 1.57. The Morgan fingerprint density at radius 2 is 1.67 bits per heavy atom. The molecule has 3 rings (SSSR count). The molecular formula is C13H15ClN6O. The van der Waals surface area contributed by atoms with Crippen LogP contribution in [0.25, 0.3) is 0 Å². The maximum absolute atomic E-state index is 6.04. The highest BCUT2D eigenvalue weighted by Gasteiger charge is 2.23. The minimum Gasteiger partial charge on any atom is -0.490 e. The molecule has 8 heteroatoms. The zero-order chi connectivity index (χ0) is 14.7. The molecule has 1 aliphatic heterocycles. The molecular weight excluding hydrogens is 292 g/mol. The molecule has 0 saturated carbocycles. The van der Waals surface area contributed by atoms with E-state index >= 15 is 0 Å². The fourth-order valence-electron chi connectivity index (χ4n) is 2.32. The SMILES string of the molecule is COc1c(Cl)ncnc1N1CCN(c2ncccn2)CC1. The topological polar surface area (TPSA) is 67.3 Å². The van der Waals surface area contributed by atoms with Gasteiger partial charge in [-0.25, -0.2) is 19.9 Å². The first-order valence-corrected chi connectivity index (χ1v) is 6.99. The molecule has 1 saturated heterocycles. The summed E-state index contributed by atoms with van der Waals surface area (Å²) >= 11 is 6.04. The number of methoxy groups -OCH3 is 1. The number of halogens is 1. The van der Waals surface area contributed by atoms with Crippen LogP contribution in [0.3, 0.4) is 0 Å². The van der Waals surface area contributed by atoms with Crippen LogP contribution in [0.1, 0.15) is 0 Å². The fourth-order valence-corrected chi connectivity index (χ4v) is 2.52. The third-order valence-corrected chi connectivity index (χ3v) is 3.63. The normalized spacial score (nSPS) is 15.1. The van der Waals surface area contributed by atoms with Gasteiger partial charge in [-0.05, 0) is 6.07 Å². The van der Waals surface area contributed by atoms with Crippen LogP contribution in [-0.2, 0) is 0 Å². The van der Waals surface area contributed by atoms with Crippen molar-refractivity contribution in [3.05, 3.63) is 29.9 Å². The molecule has 2 aromatic rings. The molecule has 2 aromatic heterocycles. The highest BCUT2D eigenvalue weighted by molar-refractivity contribution is 6.31. The van der Waals surface area contributed by atoms with Crippen molar-refractivity contribution in [2.45, 2.75) is 0 Å². The lowest BCUT2D eigenvalue weighted by Gasteiger charge is -2.35. The molecule has 0 aliphatic carbocycles. The highest BCUT2D eigenvalue weighted by Crippen LogP contribution is 2.31. The number of nitrogens with zero attached hydrogens (tertiary/aromatic N) is 6. The van der Waals surface area contributed by atoms with Crippen LogP contribution >= 0.6 is 11.6 Å². The Morgan fingerprint density at radius 1 is 1.00 bits per heavy atom. The quantitative estimate of drug-likeness (QED) is 0.791. The van der Waals surface area contributed by atoms with Crippen LogP contribution in [0, 0.1) is 0 Å². The summed E-state index contributed by atoms with van der Waals surface area (Å²) in [5.74, 6) is 2.00. The predicted octanol–water partition coefficient (Wildman–Crippen LogP) is 1.26. The van der Waals surface area contributed by atoms with Gasteiger partial charge in [-0.1, -0.05) is 11.6 Å². The predicted molar refractivity (Wildman–Crippen MR) is 80.1 cm³/mol. The van der Waals surface area contributed by atoms with E-state index in [1.165, 1.54) is 6.33 Å². The average molecular weight is 307 g/mol. The summed E-state index contributed by atoms with van der Waals surface area (Å²) in [5, 5.41) is 0.330. The number of hydrogen-bond acceptors (Lipinski definition) is 7. The van der Waals surface area contributed by atoms with Crippen molar-refractivity contribution in [1.82, 2.24) is 19.9 Å². The van der Waals surface area contributed by atoms with Gasteiger partial charge >= 0.3 is 0 Å². The monoisotopic (exact) mass is 306 g/mol. The van der Waals surface area contributed by atoms with Crippen molar-refractivity contribution in [3.8, 4) is 5.75 Å². The number of hydrogen-bond donors (Lipinski definition) is 0. The molecule has 7 nitrogen and oxygen atoms in total. The number of rotatable bonds is 3. The Kier molecular flexibility index (Phi) is 4.01. The first-order chi connectivity index (χ1) is 10.3. The van der Waals surface area contributed by atoms with Crippen molar-refractivity contribution in [1.29, 1.82) is 0 Å². The Labute approximate surface area is 127 Å². The number of aromatic nitrogens is 4. The molecule has 0 aromatic carbocycles. The zero-order valence-corrected chi connectivity index (χ0v) is 12.4. The lowest BCUT2D eigenvalue weighted by molar-refractivity contribution is 0.409. The highest BCUT2D eigenvalue weighted by atomic mass is 35.5. The largest absolute Gasteiger partial charge is 0.490 e. The zero-order valence-electron chi connectivity index (χ0n) is 11.6. The van der Waals surface area contributed by atoms with Gasteiger partial charge in [-0.3, -0.25) is 0 Å². The van der Waals surface area contributed by atoms with Gasteiger partial charge in [0.2, 0.25) is 5.95 Å². The first-order valence-electron chi connectivity index (χ1n) is 6.61. The molecule has 110 valence electrons. The van der Waals surface area contributed by atoms with Gasteiger partial charge in [-0.2, -0.15) is 0 Å². The van der Waals surface area contributed by atoms with Crippen molar-refractivity contribution in [2.24, 2.45) is 0 Å². The second kappa shape index (κ2) is 6.09. The Balaban J connectivity index is 1.73. The summed E-state index contributed by atoms with van der Waals surface area (Å²) in [6.45, 7) is 3.22. The van der Waals surface area contributed by atoms with E-state index in [1.54, 1.807) is 19.5 Å². The van der Waals surface area contributed by atoms with Gasteiger partial charge < -0.3 is 14.5 Å². The van der Waals surface area contributed by atoms with E-state index in [-0.39, 0.29) is 0 Å². The molecule has 0 amide bonds. The standard InChI is InChI=1S/C13H15ClN6O/c1-21-10-11(14)17-9-18-12(10)19-5-7-20(8-6-19)13-15-3-2-4-16-13/h2-4,9H,5-8H2,1H3.